The van der Waals surface area contributed by atoms with E-state index in [2.05, 4.69) is 11.0 Å². The zero-order chi connectivity index (χ0) is 16.7. The van der Waals surface area contributed by atoms with Crippen LogP contribution >= 0.6 is 11.6 Å². The molecule has 1 aliphatic rings. The van der Waals surface area contributed by atoms with Crippen molar-refractivity contribution in [3.8, 4) is 6.07 Å². The lowest BCUT2D eigenvalue weighted by molar-refractivity contribution is -0.120. The number of carbonyl (C=O) groups is 1. The number of amides is 1. The maximum Gasteiger partial charge on any atom is 0.241 e. The second-order valence-electron chi connectivity index (χ2n) is 5.84. The van der Waals surface area contributed by atoms with Crippen LogP contribution in [0.5, 0.6) is 0 Å². The molecule has 0 aromatic heterocycles. The molecule has 0 bridgehead atoms. The summed E-state index contributed by atoms with van der Waals surface area (Å²) in [5.41, 5.74) is 0.725. The largest absolute Gasteiger partial charge is 0.396 e. The van der Waals surface area contributed by atoms with E-state index in [1.54, 1.807) is 23.1 Å². The number of likely N-dealkylation sites (tertiary alicyclic amines) is 1. The Morgan fingerprint density at radius 1 is 1.43 bits per heavy atom. The highest BCUT2D eigenvalue weighted by Crippen LogP contribution is 2.21. The predicted molar refractivity (Wildman–Crippen MR) is 90.3 cm³/mol. The van der Waals surface area contributed by atoms with Gasteiger partial charge in [-0.3, -0.25) is 9.69 Å². The number of nitriles is 1. The molecule has 0 radical (unpaired) electrons. The average Bonchev–Trinajstić information content (AvgIpc) is 2.56. The summed E-state index contributed by atoms with van der Waals surface area (Å²) in [6, 6.07) is 9.23. The summed E-state index contributed by atoms with van der Waals surface area (Å²) in [5.74, 6) is 0.328. The van der Waals surface area contributed by atoms with E-state index in [9.17, 15) is 9.90 Å². The second kappa shape index (κ2) is 8.88. The van der Waals surface area contributed by atoms with E-state index < -0.39 is 0 Å². The molecule has 1 aromatic carbocycles. The molecule has 0 atom stereocenters. The Labute approximate surface area is 142 Å². The smallest absolute Gasteiger partial charge is 0.241 e. The molecule has 5 nitrogen and oxygen atoms in total. The molecule has 0 saturated carbocycles. The molecule has 0 aliphatic carbocycles. The van der Waals surface area contributed by atoms with Gasteiger partial charge in [0.05, 0.1) is 19.0 Å². The normalized spacial score (nSPS) is 16.0. The lowest BCUT2D eigenvalue weighted by atomic mass is 9.98. The van der Waals surface area contributed by atoms with Crippen LogP contribution in [0.3, 0.4) is 0 Å². The van der Waals surface area contributed by atoms with Gasteiger partial charge in [0.1, 0.15) is 0 Å². The zero-order valence-electron chi connectivity index (χ0n) is 13.1. The van der Waals surface area contributed by atoms with Crippen molar-refractivity contribution in [2.24, 2.45) is 5.92 Å². The highest BCUT2D eigenvalue weighted by molar-refractivity contribution is 6.30. The number of halogens is 1. The molecule has 1 amide bonds. The SMILES string of the molecule is N#CCCN(C(=O)CN1CCC(CO)CC1)c1cccc(Cl)c1. The molecule has 2 rings (SSSR count). The van der Waals surface area contributed by atoms with Gasteiger partial charge in [-0.25, -0.2) is 0 Å². The van der Waals surface area contributed by atoms with E-state index in [4.69, 9.17) is 16.9 Å². The van der Waals surface area contributed by atoms with Crippen molar-refractivity contribution in [1.29, 1.82) is 5.26 Å². The number of nitrogens with zero attached hydrogens (tertiary/aromatic N) is 3. The Morgan fingerprint density at radius 2 is 2.17 bits per heavy atom. The Morgan fingerprint density at radius 3 is 2.78 bits per heavy atom. The van der Waals surface area contributed by atoms with Crippen LogP contribution < -0.4 is 4.90 Å². The van der Waals surface area contributed by atoms with Gasteiger partial charge in [-0.05, 0) is 50.0 Å². The van der Waals surface area contributed by atoms with Crippen LogP contribution in [0, 0.1) is 17.2 Å². The van der Waals surface area contributed by atoms with E-state index in [1.807, 2.05) is 6.07 Å². The summed E-state index contributed by atoms with van der Waals surface area (Å²) < 4.78 is 0. The van der Waals surface area contributed by atoms with Crippen LogP contribution in [0.2, 0.25) is 5.02 Å². The molecule has 124 valence electrons. The number of carbonyl (C=O) groups excluding carboxylic acids is 1. The van der Waals surface area contributed by atoms with Crippen LogP contribution in [0.1, 0.15) is 19.3 Å². The number of anilines is 1. The van der Waals surface area contributed by atoms with Gasteiger partial charge in [0.2, 0.25) is 5.91 Å². The van der Waals surface area contributed by atoms with Crippen LogP contribution in [0.25, 0.3) is 0 Å². The Balaban J connectivity index is 2.01. The topological polar surface area (TPSA) is 67.6 Å². The molecule has 1 aromatic rings. The molecule has 23 heavy (non-hydrogen) atoms. The molecular formula is C17H22ClN3O2. The summed E-state index contributed by atoms with van der Waals surface area (Å²) in [4.78, 5) is 16.4. The summed E-state index contributed by atoms with van der Waals surface area (Å²) >= 11 is 6.01. The van der Waals surface area contributed by atoms with Crippen molar-refractivity contribution in [2.45, 2.75) is 19.3 Å². The van der Waals surface area contributed by atoms with Crippen molar-refractivity contribution in [3.63, 3.8) is 0 Å². The monoisotopic (exact) mass is 335 g/mol. The van der Waals surface area contributed by atoms with Crippen molar-refractivity contribution < 1.29 is 9.90 Å². The van der Waals surface area contributed by atoms with Gasteiger partial charge in [-0.2, -0.15) is 5.26 Å². The number of hydrogen-bond acceptors (Lipinski definition) is 4. The third kappa shape index (κ3) is 5.21. The molecule has 0 spiro atoms. The molecule has 6 heteroatoms. The van der Waals surface area contributed by atoms with Crippen molar-refractivity contribution >= 4 is 23.2 Å². The summed E-state index contributed by atoms with van der Waals surface area (Å²) in [5, 5.41) is 18.6. The van der Waals surface area contributed by atoms with Crippen LogP contribution in [-0.2, 0) is 4.79 Å². The van der Waals surface area contributed by atoms with Crippen LogP contribution in [0.4, 0.5) is 5.69 Å². The number of aliphatic hydroxyl groups excluding tert-OH is 1. The van der Waals surface area contributed by atoms with Gasteiger partial charge < -0.3 is 10.0 Å². The summed E-state index contributed by atoms with van der Waals surface area (Å²) in [7, 11) is 0. The van der Waals surface area contributed by atoms with Crippen LogP contribution in [-0.4, -0.2) is 48.7 Å². The number of hydrogen-bond donors (Lipinski definition) is 1. The minimum absolute atomic E-state index is 0.0232. The van der Waals surface area contributed by atoms with Crippen molar-refractivity contribution in [2.75, 3.05) is 37.7 Å². The third-order valence-corrected chi connectivity index (χ3v) is 4.43. The molecule has 1 saturated heterocycles. The fraction of sp³-hybridized carbons (Fsp3) is 0.529. The fourth-order valence-corrected chi connectivity index (χ4v) is 2.99. The first-order valence-electron chi connectivity index (χ1n) is 7.90. The van der Waals surface area contributed by atoms with Gasteiger partial charge in [0, 0.05) is 23.9 Å². The first-order chi connectivity index (χ1) is 11.1. The van der Waals surface area contributed by atoms with Gasteiger partial charge >= 0.3 is 0 Å². The lowest BCUT2D eigenvalue weighted by Gasteiger charge is -2.32. The van der Waals surface area contributed by atoms with E-state index >= 15 is 0 Å². The Bertz CT molecular complexity index is 565. The fourth-order valence-electron chi connectivity index (χ4n) is 2.81. The third-order valence-electron chi connectivity index (χ3n) is 4.19. The van der Waals surface area contributed by atoms with Gasteiger partial charge in [0.25, 0.3) is 0 Å². The standard InChI is InChI=1S/C17H22ClN3O2/c18-15-3-1-4-16(11-15)21(8-2-7-19)17(23)12-20-9-5-14(13-22)6-10-20/h1,3-4,11,14,22H,2,5-6,8-10,12-13H2. The minimum atomic E-state index is -0.0232. The van der Waals surface area contributed by atoms with E-state index in [-0.39, 0.29) is 18.9 Å². The van der Waals surface area contributed by atoms with E-state index in [0.717, 1.165) is 31.6 Å². The number of aliphatic hydroxyl groups is 1. The van der Waals surface area contributed by atoms with Crippen LogP contribution in [0.15, 0.2) is 24.3 Å². The number of rotatable bonds is 6. The number of piperidine rings is 1. The predicted octanol–water partition coefficient (Wildman–Crippen LogP) is 2.29. The zero-order valence-corrected chi connectivity index (χ0v) is 13.9. The first-order valence-corrected chi connectivity index (χ1v) is 8.28. The molecule has 1 heterocycles. The highest BCUT2D eigenvalue weighted by atomic mass is 35.5. The van der Waals surface area contributed by atoms with Crippen molar-refractivity contribution in [3.05, 3.63) is 29.3 Å². The van der Waals surface area contributed by atoms with E-state index in [0.29, 0.717) is 24.0 Å². The molecule has 1 aliphatic heterocycles. The van der Waals surface area contributed by atoms with Gasteiger partial charge in [0.15, 0.2) is 0 Å². The number of benzene rings is 1. The lowest BCUT2D eigenvalue weighted by Crippen LogP contribution is -2.44. The first kappa shape index (κ1) is 17.7. The average molecular weight is 336 g/mol. The molecular weight excluding hydrogens is 314 g/mol. The maximum absolute atomic E-state index is 12.7. The summed E-state index contributed by atoms with van der Waals surface area (Å²) in [6.45, 7) is 2.55. The summed E-state index contributed by atoms with van der Waals surface area (Å²) in [6.07, 6.45) is 2.11. The molecule has 1 N–H and O–H groups in total. The van der Waals surface area contributed by atoms with Crippen molar-refractivity contribution in [1.82, 2.24) is 4.90 Å². The second-order valence-corrected chi connectivity index (χ2v) is 6.27. The Kier molecular flexibility index (Phi) is 6.85. The molecule has 1 fully saturated rings. The minimum Gasteiger partial charge on any atom is -0.396 e. The highest BCUT2D eigenvalue weighted by Gasteiger charge is 2.23. The van der Waals surface area contributed by atoms with Gasteiger partial charge in [-0.15, -0.1) is 0 Å². The quantitative estimate of drug-likeness (QED) is 0.866. The maximum atomic E-state index is 12.7. The van der Waals surface area contributed by atoms with E-state index in [1.165, 1.54) is 0 Å². The molecule has 0 unspecified atom stereocenters. The Hall–Kier alpha value is -1.61. The van der Waals surface area contributed by atoms with Gasteiger partial charge in [-0.1, -0.05) is 17.7 Å².